The molecule has 2 heterocycles. The molecule has 1 aromatic rings. The lowest BCUT2D eigenvalue weighted by Crippen LogP contribution is -2.51. The third kappa shape index (κ3) is 3.98. The summed E-state index contributed by atoms with van der Waals surface area (Å²) in [6, 6.07) is 8.40. The van der Waals surface area contributed by atoms with Crippen molar-refractivity contribution in [1.29, 1.82) is 0 Å². The van der Waals surface area contributed by atoms with Crippen molar-refractivity contribution in [3.05, 3.63) is 29.8 Å². The molecule has 2 aliphatic heterocycles. The van der Waals surface area contributed by atoms with E-state index < -0.39 is 5.60 Å². The highest BCUT2D eigenvalue weighted by atomic mass is 16.6. The van der Waals surface area contributed by atoms with E-state index in [1.807, 2.05) is 39.0 Å². The molecule has 0 saturated carbocycles. The Bertz CT molecular complexity index is 614. The predicted octanol–water partition coefficient (Wildman–Crippen LogP) is 3.89. The molecule has 1 unspecified atom stereocenters. The van der Waals surface area contributed by atoms with E-state index in [9.17, 15) is 4.79 Å². The molecular weight excluding hydrogens is 316 g/mol. The number of ether oxygens (including phenoxy) is 2. The number of anilines is 1. The van der Waals surface area contributed by atoms with Crippen LogP contribution in [-0.4, -0.2) is 38.0 Å². The van der Waals surface area contributed by atoms with E-state index in [1.165, 1.54) is 5.56 Å². The van der Waals surface area contributed by atoms with Crippen LogP contribution in [0.2, 0.25) is 0 Å². The maximum Gasteiger partial charge on any atom is 0.414 e. The highest BCUT2D eigenvalue weighted by molar-refractivity contribution is 5.89. The van der Waals surface area contributed by atoms with Crippen LogP contribution in [0.1, 0.15) is 52.1 Å². The highest BCUT2D eigenvalue weighted by Crippen LogP contribution is 2.36. The Morgan fingerprint density at radius 2 is 2.08 bits per heavy atom. The fraction of sp³-hybridized carbons (Fsp3) is 0.650. The van der Waals surface area contributed by atoms with Crippen molar-refractivity contribution in [1.82, 2.24) is 5.32 Å². The SMILES string of the molecule is CCC1(CNC2CCN(C(=O)OC(C)(C)C)c3ccccc32)COC1. The van der Waals surface area contributed by atoms with Crippen molar-refractivity contribution in [2.75, 3.05) is 31.2 Å². The van der Waals surface area contributed by atoms with Gasteiger partial charge in [-0.15, -0.1) is 0 Å². The van der Waals surface area contributed by atoms with E-state index in [-0.39, 0.29) is 17.6 Å². The number of nitrogens with zero attached hydrogens (tertiary/aromatic N) is 1. The zero-order valence-corrected chi connectivity index (χ0v) is 15.8. The first-order valence-electron chi connectivity index (χ1n) is 9.24. The van der Waals surface area contributed by atoms with Crippen molar-refractivity contribution < 1.29 is 14.3 Å². The molecule has 138 valence electrons. The molecule has 1 aromatic carbocycles. The summed E-state index contributed by atoms with van der Waals surface area (Å²) in [4.78, 5) is 14.3. The lowest BCUT2D eigenvalue weighted by Gasteiger charge is -2.43. The summed E-state index contributed by atoms with van der Waals surface area (Å²) in [5.41, 5.74) is 1.91. The second-order valence-electron chi connectivity index (χ2n) is 8.26. The molecule has 5 nitrogen and oxygen atoms in total. The minimum Gasteiger partial charge on any atom is -0.443 e. The summed E-state index contributed by atoms with van der Waals surface area (Å²) in [5.74, 6) is 0. The van der Waals surface area contributed by atoms with Crippen LogP contribution < -0.4 is 10.2 Å². The largest absolute Gasteiger partial charge is 0.443 e. The van der Waals surface area contributed by atoms with Crippen LogP contribution in [0.15, 0.2) is 24.3 Å². The van der Waals surface area contributed by atoms with Crippen molar-refractivity contribution in [2.24, 2.45) is 5.41 Å². The van der Waals surface area contributed by atoms with Crippen LogP contribution in [0.3, 0.4) is 0 Å². The number of nitrogens with one attached hydrogen (secondary N) is 1. The second kappa shape index (κ2) is 6.96. The fourth-order valence-corrected chi connectivity index (χ4v) is 3.44. The van der Waals surface area contributed by atoms with Gasteiger partial charge in [0.05, 0.1) is 18.9 Å². The van der Waals surface area contributed by atoms with Gasteiger partial charge in [-0.1, -0.05) is 25.1 Å². The Balaban J connectivity index is 1.73. The van der Waals surface area contributed by atoms with Gasteiger partial charge in [0.2, 0.25) is 0 Å². The Morgan fingerprint density at radius 1 is 1.36 bits per heavy atom. The number of benzene rings is 1. The van der Waals surface area contributed by atoms with Crippen LogP contribution in [0.5, 0.6) is 0 Å². The first kappa shape index (κ1) is 18.2. The molecular formula is C20H30N2O3. The predicted molar refractivity (Wildman–Crippen MR) is 98.9 cm³/mol. The maximum atomic E-state index is 12.6. The van der Waals surface area contributed by atoms with Crippen LogP contribution in [-0.2, 0) is 9.47 Å². The maximum absolute atomic E-state index is 12.6. The monoisotopic (exact) mass is 346 g/mol. The van der Waals surface area contributed by atoms with E-state index in [0.29, 0.717) is 6.54 Å². The highest BCUT2D eigenvalue weighted by Gasteiger charge is 2.38. The summed E-state index contributed by atoms with van der Waals surface area (Å²) in [6.45, 7) is 11.2. The van der Waals surface area contributed by atoms with Crippen molar-refractivity contribution >= 4 is 11.8 Å². The average molecular weight is 346 g/mol. The fourth-order valence-electron chi connectivity index (χ4n) is 3.44. The third-order valence-electron chi connectivity index (χ3n) is 5.15. The summed E-state index contributed by atoms with van der Waals surface area (Å²) in [6.07, 6.45) is 1.74. The number of carbonyl (C=O) groups is 1. The number of rotatable bonds is 4. The zero-order valence-electron chi connectivity index (χ0n) is 15.8. The Kier molecular flexibility index (Phi) is 5.07. The molecule has 1 amide bonds. The number of carbonyl (C=O) groups excluding carboxylic acids is 1. The van der Waals surface area contributed by atoms with Crippen molar-refractivity contribution in [2.45, 2.75) is 52.2 Å². The summed E-state index contributed by atoms with van der Waals surface area (Å²) in [7, 11) is 0. The van der Waals surface area contributed by atoms with E-state index in [0.717, 1.165) is 38.3 Å². The third-order valence-corrected chi connectivity index (χ3v) is 5.15. The van der Waals surface area contributed by atoms with Gasteiger partial charge in [-0.25, -0.2) is 4.79 Å². The molecule has 0 radical (unpaired) electrons. The first-order valence-corrected chi connectivity index (χ1v) is 9.24. The number of fused-ring (bicyclic) bond motifs is 1. The van der Waals surface area contributed by atoms with Gasteiger partial charge in [-0.2, -0.15) is 0 Å². The summed E-state index contributed by atoms with van der Waals surface area (Å²) in [5, 5.41) is 3.72. The van der Waals surface area contributed by atoms with Crippen molar-refractivity contribution in [3.8, 4) is 0 Å². The van der Waals surface area contributed by atoms with E-state index in [1.54, 1.807) is 4.90 Å². The van der Waals surface area contributed by atoms with Gasteiger partial charge >= 0.3 is 6.09 Å². The number of para-hydroxylation sites is 1. The molecule has 0 aromatic heterocycles. The summed E-state index contributed by atoms with van der Waals surface area (Å²) < 4.78 is 11.0. The molecule has 0 bridgehead atoms. The second-order valence-corrected chi connectivity index (χ2v) is 8.26. The lowest BCUT2D eigenvalue weighted by atomic mass is 9.82. The van der Waals surface area contributed by atoms with Gasteiger partial charge < -0.3 is 14.8 Å². The summed E-state index contributed by atoms with van der Waals surface area (Å²) >= 11 is 0. The minimum absolute atomic E-state index is 0.263. The normalized spacial score (nSPS) is 22.1. The van der Waals surface area contributed by atoms with Crippen LogP contribution in [0.4, 0.5) is 10.5 Å². The zero-order chi connectivity index (χ0) is 18.1. The molecule has 1 N–H and O–H groups in total. The topological polar surface area (TPSA) is 50.8 Å². The number of hydrogen-bond donors (Lipinski definition) is 1. The molecule has 1 fully saturated rings. The number of hydrogen-bond acceptors (Lipinski definition) is 4. The van der Waals surface area contributed by atoms with E-state index >= 15 is 0 Å². The molecule has 1 saturated heterocycles. The Morgan fingerprint density at radius 3 is 2.68 bits per heavy atom. The van der Waals surface area contributed by atoms with Crippen molar-refractivity contribution in [3.63, 3.8) is 0 Å². The Hall–Kier alpha value is -1.59. The molecule has 2 aliphatic rings. The molecule has 5 heteroatoms. The van der Waals surface area contributed by atoms with Gasteiger partial charge in [0, 0.05) is 24.5 Å². The van der Waals surface area contributed by atoms with Crippen LogP contribution in [0, 0.1) is 5.41 Å². The molecule has 25 heavy (non-hydrogen) atoms. The van der Waals surface area contributed by atoms with Gasteiger partial charge in [0.25, 0.3) is 0 Å². The van der Waals surface area contributed by atoms with Crippen LogP contribution in [0.25, 0.3) is 0 Å². The van der Waals surface area contributed by atoms with Gasteiger partial charge in [0.15, 0.2) is 0 Å². The van der Waals surface area contributed by atoms with Gasteiger partial charge in [-0.3, -0.25) is 4.90 Å². The molecule has 0 aliphatic carbocycles. The number of amides is 1. The van der Waals surface area contributed by atoms with Gasteiger partial charge in [0.1, 0.15) is 5.60 Å². The van der Waals surface area contributed by atoms with Gasteiger partial charge in [-0.05, 0) is 45.2 Å². The average Bonchev–Trinajstić information content (AvgIpc) is 2.52. The Labute approximate surface area is 150 Å². The standard InChI is InChI=1S/C20H30N2O3/c1-5-20(13-24-14-20)12-21-16-10-11-22(18(23)25-19(2,3)4)17-9-7-6-8-15(16)17/h6-9,16,21H,5,10-14H2,1-4H3. The smallest absolute Gasteiger partial charge is 0.414 e. The molecule has 0 spiro atoms. The van der Waals surface area contributed by atoms with E-state index in [2.05, 4.69) is 18.3 Å². The molecule has 3 rings (SSSR count). The van der Waals surface area contributed by atoms with Crippen LogP contribution >= 0.6 is 0 Å². The van der Waals surface area contributed by atoms with E-state index in [4.69, 9.17) is 9.47 Å². The lowest BCUT2D eigenvalue weighted by molar-refractivity contribution is -0.114. The quantitative estimate of drug-likeness (QED) is 0.899. The molecule has 1 atom stereocenters. The minimum atomic E-state index is -0.487. The first-order chi connectivity index (χ1) is 11.8.